The first-order valence-electron chi connectivity index (χ1n) is 8.25. The average Bonchev–Trinajstić information content (AvgIpc) is 2.61. The molecule has 0 spiro atoms. The Morgan fingerprint density at radius 2 is 1.85 bits per heavy atom. The molecule has 0 saturated heterocycles. The van der Waals surface area contributed by atoms with Gasteiger partial charge in [0.2, 0.25) is 0 Å². The molecule has 0 bridgehead atoms. The van der Waals surface area contributed by atoms with Crippen LogP contribution in [-0.2, 0) is 16.1 Å². The highest BCUT2D eigenvalue weighted by molar-refractivity contribution is 5.96. The first-order chi connectivity index (χ1) is 12.8. The van der Waals surface area contributed by atoms with E-state index in [1.807, 2.05) is 0 Å². The fraction of sp³-hybridized carbons (Fsp3) is 0.250. The van der Waals surface area contributed by atoms with Crippen LogP contribution in [0.4, 0.5) is 5.69 Å². The van der Waals surface area contributed by atoms with Gasteiger partial charge in [-0.2, -0.15) is 0 Å². The maximum absolute atomic E-state index is 12.4. The summed E-state index contributed by atoms with van der Waals surface area (Å²) in [6.07, 6.45) is -0.855. The Hall–Kier alpha value is -3.19. The van der Waals surface area contributed by atoms with Gasteiger partial charge in [-0.3, -0.25) is 9.59 Å². The topological polar surface area (TPSA) is 102 Å². The van der Waals surface area contributed by atoms with Crippen LogP contribution in [0.15, 0.2) is 42.5 Å². The molecule has 2 aromatic carbocycles. The summed E-state index contributed by atoms with van der Waals surface area (Å²) >= 11 is 0. The third-order valence-corrected chi connectivity index (χ3v) is 3.74. The van der Waals surface area contributed by atoms with Crippen molar-refractivity contribution >= 4 is 23.3 Å². The molecule has 0 aliphatic carbocycles. The highest BCUT2D eigenvalue weighted by Gasteiger charge is 2.17. The third kappa shape index (κ3) is 5.65. The Bertz CT molecular complexity index is 861. The van der Waals surface area contributed by atoms with Crippen molar-refractivity contribution < 1.29 is 29.0 Å². The molecule has 0 aromatic heterocycles. The highest BCUT2D eigenvalue weighted by atomic mass is 16.5. The van der Waals surface area contributed by atoms with Crippen LogP contribution in [0.25, 0.3) is 0 Å². The molecule has 2 rings (SSSR count). The first kappa shape index (κ1) is 20.1. The molecule has 2 aromatic rings. The number of carboxylic acids is 1. The second kappa shape index (κ2) is 8.95. The normalized spacial score (nSPS) is 11.5. The van der Waals surface area contributed by atoms with Gasteiger partial charge in [0.05, 0.1) is 12.2 Å². The van der Waals surface area contributed by atoms with E-state index in [1.54, 1.807) is 37.3 Å². The number of benzene rings is 2. The van der Waals surface area contributed by atoms with Crippen LogP contribution in [0.3, 0.4) is 0 Å². The monoisotopic (exact) mass is 371 g/mol. The Morgan fingerprint density at radius 3 is 2.48 bits per heavy atom. The van der Waals surface area contributed by atoms with Crippen LogP contribution in [0.1, 0.15) is 40.1 Å². The zero-order valence-electron chi connectivity index (χ0n) is 15.3. The van der Waals surface area contributed by atoms with E-state index in [0.29, 0.717) is 22.6 Å². The molecule has 1 amide bonds. The van der Waals surface area contributed by atoms with E-state index in [0.717, 1.165) is 0 Å². The standard InChI is InChI=1S/C20H21NO6/c1-12(22)15-5-4-6-18(10-15)27-13(2)19(23)21-17-8-14(11-26-3)7-16(9-17)20(24)25/h4-10,13H,11H2,1-3H3,(H,21,23)(H,24,25). The van der Waals surface area contributed by atoms with Gasteiger partial charge in [-0.1, -0.05) is 12.1 Å². The quantitative estimate of drug-likeness (QED) is 0.691. The highest BCUT2D eigenvalue weighted by Crippen LogP contribution is 2.19. The maximum Gasteiger partial charge on any atom is 0.335 e. The lowest BCUT2D eigenvalue weighted by molar-refractivity contribution is -0.122. The van der Waals surface area contributed by atoms with Crippen molar-refractivity contribution in [2.24, 2.45) is 0 Å². The molecule has 142 valence electrons. The number of aromatic carboxylic acids is 1. The number of rotatable bonds is 8. The fourth-order valence-electron chi connectivity index (χ4n) is 2.43. The van der Waals surface area contributed by atoms with Crippen molar-refractivity contribution in [1.82, 2.24) is 0 Å². The van der Waals surface area contributed by atoms with Gasteiger partial charge in [0.1, 0.15) is 5.75 Å². The molecule has 0 fully saturated rings. The van der Waals surface area contributed by atoms with Crippen molar-refractivity contribution in [1.29, 1.82) is 0 Å². The van der Waals surface area contributed by atoms with E-state index in [-0.39, 0.29) is 18.0 Å². The number of carboxylic acid groups (broad SMARTS) is 1. The Morgan fingerprint density at radius 1 is 1.11 bits per heavy atom. The number of carbonyl (C=O) groups is 3. The molecule has 0 aliphatic rings. The van der Waals surface area contributed by atoms with Crippen LogP contribution in [0.2, 0.25) is 0 Å². The van der Waals surface area contributed by atoms with Gasteiger partial charge in [0.25, 0.3) is 5.91 Å². The number of ketones is 1. The molecule has 1 atom stereocenters. The second-order valence-corrected chi connectivity index (χ2v) is 5.99. The predicted octanol–water partition coefficient (Wildman–Crippen LogP) is 3.14. The predicted molar refractivity (Wildman–Crippen MR) is 99.3 cm³/mol. The maximum atomic E-state index is 12.4. The minimum Gasteiger partial charge on any atom is -0.481 e. The minimum absolute atomic E-state index is 0.0441. The van der Waals surface area contributed by atoms with Gasteiger partial charge in [-0.15, -0.1) is 0 Å². The largest absolute Gasteiger partial charge is 0.481 e. The number of anilines is 1. The molecule has 1 unspecified atom stereocenters. The van der Waals surface area contributed by atoms with Gasteiger partial charge >= 0.3 is 5.97 Å². The number of hydrogen-bond acceptors (Lipinski definition) is 5. The second-order valence-electron chi connectivity index (χ2n) is 5.99. The van der Waals surface area contributed by atoms with E-state index < -0.39 is 18.0 Å². The Kier molecular flexibility index (Phi) is 6.67. The number of carbonyl (C=O) groups excluding carboxylic acids is 2. The summed E-state index contributed by atoms with van der Waals surface area (Å²) < 4.78 is 10.6. The Balaban J connectivity index is 2.12. The van der Waals surface area contributed by atoms with Crippen LogP contribution >= 0.6 is 0 Å². The van der Waals surface area contributed by atoms with Crippen molar-refractivity contribution in [3.05, 3.63) is 59.2 Å². The van der Waals surface area contributed by atoms with Gasteiger partial charge in [-0.05, 0) is 49.7 Å². The average molecular weight is 371 g/mol. The van der Waals surface area contributed by atoms with Crippen molar-refractivity contribution in [3.8, 4) is 5.75 Å². The number of nitrogens with one attached hydrogen (secondary N) is 1. The molecule has 0 aliphatic heterocycles. The molecule has 7 heteroatoms. The van der Waals surface area contributed by atoms with E-state index in [9.17, 15) is 19.5 Å². The minimum atomic E-state index is -1.10. The molecular formula is C20H21NO6. The first-order valence-corrected chi connectivity index (χ1v) is 8.25. The van der Waals surface area contributed by atoms with Crippen LogP contribution in [0, 0.1) is 0 Å². The molecule has 0 radical (unpaired) electrons. The van der Waals surface area contributed by atoms with Crippen molar-refractivity contribution in [3.63, 3.8) is 0 Å². The summed E-state index contributed by atoms with van der Waals surface area (Å²) in [5.41, 5.74) is 1.48. The Labute approximate surface area is 156 Å². The zero-order chi connectivity index (χ0) is 20.0. The summed E-state index contributed by atoms with van der Waals surface area (Å²) in [5.74, 6) is -1.26. The summed E-state index contributed by atoms with van der Waals surface area (Å²) in [4.78, 5) is 35.1. The van der Waals surface area contributed by atoms with Gasteiger partial charge in [-0.25, -0.2) is 4.79 Å². The van der Waals surface area contributed by atoms with E-state index >= 15 is 0 Å². The fourth-order valence-corrected chi connectivity index (χ4v) is 2.43. The molecule has 27 heavy (non-hydrogen) atoms. The van der Waals surface area contributed by atoms with Crippen molar-refractivity contribution in [2.75, 3.05) is 12.4 Å². The van der Waals surface area contributed by atoms with Gasteiger partial charge < -0.3 is 19.9 Å². The number of methoxy groups -OCH3 is 1. The summed E-state index contributed by atoms with van der Waals surface area (Å²) in [5, 5.41) is 11.8. The van der Waals surface area contributed by atoms with E-state index in [4.69, 9.17) is 9.47 Å². The summed E-state index contributed by atoms with van der Waals surface area (Å²) in [6.45, 7) is 3.23. The molecule has 2 N–H and O–H groups in total. The lowest BCUT2D eigenvalue weighted by Gasteiger charge is -2.16. The van der Waals surface area contributed by atoms with Gasteiger partial charge in [0, 0.05) is 18.4 Å². The number of ether oxygens (including phenoxy) is 2. The molecule has 0 heterocycles. The van der Waals surface area contributed by atoms with Gasteiger partial charge in [0.15, 0.2) is 11.9 Å². The number of hydrogen-bond donors (Lipinski definition) is 2. The summed E-state index contributed by atoms with van der Waals surface area (Å²) in [7, 11) is 1.50. The SMILES string of the molecule is COCc1cc(NC(=O)C(C)Oc2cccc(C(C)=O)c2)cc(C(=O)O)c1. The van der Waals surface area contributed by atoms with E-state index in [2.05, 4.69) is 5.32 Å². The molecule has 0 saturated carbocycles. The lowest BCUT2D eigenvalue weighted by Crippen LogP contribution is -2.30. The van der Waals surface area contributed by atoms with Crippen molar-refractivity contribution in [2.45, 2.75) is 26.6 Å². The van der Waals surface area contributed by atoms with Crippen LogP contribution in [0.5, 0.6) is 5.75 Å². The van der Waals surface area contributed by atoms with E-state index in [1.165, 1.54) is 26.2 Å². The lowest BCUT2D eigenvalue weighted by atomic mass is 10.1. The smallest absolute Gasteiger partial charge is 0.335 e. The third-order valence-electron chi connectivity index (χ3n) is 3.74. The van der Waals surface area contributed by atoms with Crippen LogP contribution < -0.4 is 10.1 Å². The number of amides is 1. The zero-order valence-corrected chi connectivity index (χ0v) is 15.3. The van der Waals surface area contributed by atoms with Crippen LogP contribution in [-0.4, -0.2) is 36.0 Å². The summed E-state index contributed by atoms with van der Waals surface area (Å²) in [6, 6.07) is 11.0. The number of Topliss-reactive ketones (excluding diaryl/α,β-unsaturated/α-hetero) is 1. The molecule has 7 nitrogen and oxygen atoms in total. The molecular weight excluding hydrogens is 350 g/mol.